The average Bonchev–Trinajstić information content (AvgIpc) is 3.12. The van der Waals surface area contributed by atoms with E-state index in [9.17, 15) is 9.59 Å². The monoisotopic (exact) mass is 306 g/mol. The molecule has 0 saturated carbocycles. The van der Waals surface area contributed by atoms with E-state index in [4.69, 9.17) is 4.74 Å². The van der Waals surface area contributed by atoms with Crippen molar-refractivity contribution in [3.8, 4) is 0 Å². The fourth-order valence-electron chi connectivity index (χ4n) is 3.08. The van der Waals surface area contributed by atoms with Gasteiger partial charge in [0.2, 0.25) is 5.91 Å². The van der Waals surface area contributed by atoms with Gasteiger partial charge >= 0.3 is 0 Å². The van der Waals surface area contributed by atoms with Crippen LogP contribution >= 0.6 is 0 Å². The Kier molecular flexibility index (Phi) is 4.15. The number of nitrogens with zero attached hydrogens (tertiary/aromatic N) is 2. The van der Waals surface area contributed by atoms with Crippen LogP contribution in [0.1, 0.15) is 30.8 Å². The third kappa shape index (κ3) is 2.99. The Morgan fingerprint density at radius 2 is 2.32 bits per heavy atom. The number of hydrogen-bond donors (Lipinski definition) is 2. The van der Waals surface area contributed by atoms with Crippen LogP contribution in [0.25, 0.3) is 0 Å². The lowest BCUT2D eigenvalue weighted by Gasteiger charge is -2.32. The third-order valence-electron chi connectivity index (χ3n) is 4.20. The van der Waals surface area contributed by atoms with Crippen LogP contribution in [0.4, 0.5) is 0 Å². The highest BCUT2D eigenvalue weighted by Crippen LogP contribution is 2.32. The Balaban J connectivity index is 1.62. The lowest BCUT2D eigenvalue weighted by molar-refractivity contribution is -0.127. The van der Waals surface area contributed by atoms with Crippen molar-refractivity contribution in [3.63, 3.8) is 0 Å². The molecule has 2 saturated heterocycles. The summed E-state index contributed by atoms with van der Waals surface area (Å²) in [5.74, 6) is 0.212. The van der Waals surface area contributed by atoms with Gasteiger partial charge in [0.05, 0.1) is 18.1 Å². The third-order valence-corrected chi connectivity index (χ3v) is 4.20. The van der Waals surface area contributed by atoms with Crippen LogP contribution in [0.15, 0.2) is 12.3 Å². The Hall–Kier alpha value is -1.89. The van der Waals surface area contributed by atoms with Gasteiger partial charge in [-0.05, 0) is 18.4 Å². The van der Waals surface area contributed by atoms with Gasteiger partial charge in [-0.25, -0.2) is 0 Å². The van der Waals surface area contributed by atoms with Crippen LogP contribution in [0, 0.1) is 11.8 Å². The molecule has 1 aromatic rings. The fraction of sp³-hybridized carbons (Fsp3) is 0.667. The minimum Gasteiger partial charge on any atom is -0.370 e. The van der Waals surface area contributed by atoms with Gasteiger partial charge in [0, 0.05) is 25.8 Å². The van der Waals surface area contributed by atoms with Crippen LogP contribution in [-0.2, 0) is 9.53 Å². The molecule has 0 radical (unpaired) electrons. The van der Waals surface area contributed by atoms with Gasteiger partial charge in [0.1, 0.15) is 5.69 Å². The van der Waals surface area contributed by atoms with E-state index in [1.807, 2.05) is 0 Å². The van der Waals surface area contributed by atoms with E-state index < -0.39 is 0 Å². The highest BCUT2D eigenvalue weighted by molar-refractivity contribution is 5.92. The van der Waals surface area contributed by atoms with Crippen molar-refractivity contribution in [1.82, 2.24) is 20.4 Å². The molecule has 2 aliphatic heterocycles. The number of rotatable bonds is 4. The number of morpholine rings is 1. The SMILES string of the molecule is CC(C)CNC(=O)C1CC2CN(C(=O)c3ccn[nH]3)CC1O2. The van der Waals surface area contributed by atoms with Crippen LogP contribution in [-0.4, -0.2) is 58.8 Å². The Morgan fingerprint density at radius 3 is 3.00 bits per heavy atom. The van der Waals surface area contributed by atoms with Gasteiger partial charge in [-0.3, -0.25) is 14.7 Å². The molecule has 2 bridgehead atoms. The predicted octanol–water partition coefficient (Wildman–Crippen LogP) is 0.411. The van der Waals surface area contributed by atoms with Gasteiger partial charge in [-0.15, -0.1) is 0 Å². The van der Waals surface area contributed by atoms with Crippen molar-refractivity contribution in [2.75, 3.05) is 19.6 Å². The van der Waals surface area contributed by atoms with Crippen molar-refractivity contribution in [2.45, 2.75) is 32.5 Å². The number of amides is 2. The van der Waals surface area contributed by atoms with Crippen LogP contribution < -0.4 is 5.32 Å². The molecule has 3 rings (SSSR count). The number of H-pyrrole nitrogens is 1. The number of carbonyl (C=O) groups is 2. The van der Waals surface area contributed by atoms with Crippen molar-refractivity contribution < 1.29 is 14.3 Å². The first-order valence-electron chi connectivity index (χ1n) is 7.76. The second-order valence-corrected chi connectivity index (χ2v) is 6.46. The molecule has 2 aliphatic rings. The number of hydrogen-bond acceptors (Lipinski definition) is 4. The zero-order chi connectivity index (χ0) is 15.7. The molecule has 7 nitrogen and oxygen atoms in total. The van der Waals surface area contributed by atoms with Crippen LogP contribution in [0.3, 0.4) is 0 Å². The Bertz CT molecular complexity index is 543. The molecule has 3 unspecified atom stereocenters. The Morgan fingerprint density at radius 1 is 1.50 bits per heavy atom. The standard InChI is InChI=1S/C15H22N4O3/c1-9(2)6-16-14(20)11-5-10-7-19(8-13(11)22-10)15(21)12-3-4-17-18-12/h3-4,9-11,13H,5-8H2,1-2H3,(H,16,20)(H,17,18). The van der Waals surface area contributed by atoms with E-state index >= 15 is 0 Å². The van der Waals surface area contributed by atoms with E-state index in [2.05, 4.69) is 29.4 Å². The normalized spacial score (nSPS) is 27.2. The van der Waals surface area contributed by atoms with E-state index in [-0.39, 0.29) is 29.9 Å². The number of aromatic nitrogens is 2. The maximum Gasteiger partial charge on any atom is 0.272 e. The van der Waals surface area contributed by atoms with Gasteiger partial charge < -0.3 is 15.0 Å². The summed E-state index contributed by atoms with van der Waals surface area (Å²) in [4.78, 5) is 26.4. The zero-order valence-electron chi connectivity index (χ0n) is 12.9. The number of carbonyl (C=O) groups excluding carboxylic acids is 2. The molecule has 7 heteroatoms. The molecule has 1 aromatic heterocycles. The number of ether oxygens (including phenoxy) is 1. The summed E-state index contributed by atoms with van der Waals surface area (Å²) in [7, 11) is 0. The van der Waals surface area contributed by atoms with Gasteiger partial charge in [0.15, 0.2) is 0 Å². The van der Waals surface area contributed by atoms with Crippen LogP contribution in [0.2, 0.25) is 0 Å². The topological polar surface area (TPSA) is 87.3 Å². The first kappa shape index (κ1) is 15.0. The van der Waals surface area contributed by atoms with Crippen molar-refractivity contribution in [1.29, 1.82) is 0 Å². The van der Waals surface area contributed by atoms with Crippen molar-refractivity contribution >= 4 is 11.8 Å². The number of aromatic amines is 1. The maximum atomic E-state index is 12.4. The highest BCUT2D eigenvalue weighted by atomic mass is 16.5. The molecular formula is C15H22N4O3. The van der Waals surface area contributed by atoms with Gasteiger partial charge in [-0.1, -0.05) is 13.8 Å². The molecule has 0 aromatic carbocycles. The molecule has 3 heterocycles. The van der Waals surface area contributed by atoms with Crippen molar-refractivity contribution in [2.24, 2.45) is 11.8 Å². The first-order valence-corrected chi connectivity index (χ1v) is 7.76. The summed E-state index contributed by atoms with van der Waals surface area (Å²) in [5.41, 5.74) is 0.474. The lowest BCUT2D eigenvalue weighted by Crippen LogP contribution is -2.48. The summed E-state index contributed by atoms with van der Waals surface area (Å²) < 4.78 is 5.86. The Labute approximate surface area is 129 Å². The van der Waals surface area contributed by atoms with Gasteiger partial charge in [0.25, 0.3) is 5.91 Å². The van der Waals surface area contributed by atoms with Gasteiger partial charge in [-0.2, -0.15) is 5.10 Å². The molecule has 2 amide bonds. The minimum atomic E-state index is -0.210. The fourth-order valence-corrected chi connectivity index (χ4v) is 3.08. The van der Waals surface area contributed by atoms with E-state index in [0.29, 0.717) is 37.7 Å². The number of nitrogens with one attached hydrogen (secondary N) is 2. The quantitative estimate of drug-likeness (QED) is 0.843. The molecule has 0 aliphatic carbocycles. The predicted molar refractivity (Wildman–Crippen MR) is 79.1 cm³/mol. The summed E-state index contributed by atoms with van der Waals surface area (Å²) >= 11 is 0. The molecule has 120 valence electrons. The van der Waals surface area contributed by atoms with E-state index in [1.54, 1.807) is 17.2 Å². The maximum absolute atomic E-state index is 12.4. The first-order chi connectivity index (χ1) is 10.5. The molecule has 2 N–H and O–H groups in total. The summed E-state index contributed by atoms with van der Waals surface area (Å²) in [6.45, 7) is 5.78. The second-order valence-electron chi connectivity index (χ2n) is 6.46. The summed E-state index contributed by atoms with van der Waals surface area (Å²) in [6.07, 6.45) is 1.98. The largest absolute Gasteiger partial charge is 0.370 e. The molecule has 2 fully saturated rings. The second kappa shape index (κ2) is 6.08. The molecule has 22 heavy (non-hydrogen) atoms. The minimum absolute atomic E-state index is 0.0389. The van der Waals surface area contributed by atoms with E-state index in [0.717, 1.165) is 0 Å². The van der Waals surface area contributed by atoms with Crippen LogP contribution in [0.5, 0.6) is 0 Å². The number of likely N-dealkylation sites (tertiary alicyclic amines) is 1. The lowest BCUT2D eigenvalue weighted by atomic mass is 9.99. The van der Waals surface area contributed by atoms with Crippen molar-refractivity contribution in [3.05, 3.63) is 18.0 Å². The molecule has 0 spiro atoms. The smallest absolute Gasteiger partial charge is 0.272 e. The number of fused-ring (bicyclic) bond motifs is 2. The summed E-state index contributed by atoms with van der Waals surface area (Å²) in [6, 6.07) is 1.66. The van der Waals surface area contributed by atoms with E-state index in [1.165, 1.54) is 0 Å². The average molecular weight is 306 g/mol. The summed E-state index contributed by atoms with van der Waals surface area (Å²) in [5, 5.41) is 9.47. The molecule has 3 atom stereocenters. The highest BCUT2D eigenvalue weighted by Gasteiger charge is 2.45. The zero-order valence-corrected chi connectivity index (χ0v) is 12.9. The molecular weight excluding hydrogens is 284 g/mol.